The number of carbonyl (C=O) groups is 1. The summed E-state index contributed by atoms with van der Waals surface area (Å²) in [4.78, 5) is 18.2. The summed E-state index contributed by atoms with van der Waals surface area (Å²) >= 11 is 0. The number of nitrogens with one attached hydrogen (secondary N) is 2. The number of alkyl halides is 3. The number of carboxylic acid groups (broad SMARTS) is 1. The lowest BCUT2D eigenvalue weighted by molar-refractivity contribution is -0.139. The van der Waals surface area contributed by atoms with Gasteiger partial charge in [-0.05, 0) is 11.6 Å². The van der Waals surface area contributed by atoms with E-state index in [9.17, 15) is 22.4 Å². The first-order valence-corrected chi connectivity index (χ1v) is 7.80. The molecule has 1 unspecified atom stereocenters. The first-order chi connectivity index (χ1) is 13.1. The number of nitrogens with two attached hydrogens (primary N) is 1. The zero-order valence-electron chi connectivity index (χ0n) is 14.8. The Morgan fingerprint density at radius 3 is 2.61 bits per heavy atom. The van der Waals surface area contributed by atoms with Crippen LogP contribution in [-0.2, 0) is 17.4 Å². The van der Waals surface area contributed by atoms with Gasteiger partial charge < -0.3 is 26.2 Å². The van der Waals surface area contributed by atoms with E-state index in [0.717, 1.165) is 6.07 Å². The van der Waals surface area contributed by atoms with Gasteiger partial charge >= 0.3 is 12.1 Å². The van der Waals surface area contributed by atoms with Gasteiger partial charge in [-0.15, -0.1) is 0 Å². The lowest BCUT2D eigenvalue weighted by Gasteiger charge is -2.16. The summed E-state index contributed by atoms with van der Waals surface area (Å²) in [5.74, 6) is -2.67. The fraction of sp³-hybridized carbons (Fsp3) is 0.312. The minimum atomic E-state index is -4.65. The van der Waals surface area contributed by atoms with Crippen LogP contribution in [0.25, 0.3) is 0 Å². The van der Waals surface area contributed by atoms with Crippen LogP contribution in [0, 0.1) is 5.82 Å². The van der Waals surface area contributed by atoms with Gasteiger partial charge in [0.2, 0.25) is 5.95 Å². The molecule has 0 aliphatic rings. The van der Waals surface area contributed by atoms with Gasteiger partial charge in [-0.25, -0.2) is 9.37 Å². The van der Waals surface area contributed by atoms with Gasteiger partial charge in [0.1, 0.15) is 29.0 Å². The van der Waals surface area contributed by atoms with Crippen molar-refractivity contribution in [3.05, 3.63) is 35.3 Å². The minimum absolute atomic E-state index is 0.00144. The predicted molar refractivity (Wildman–Crippen MR) is 92.1 cm³/mol. The van der Waals surface area contributed by atoms with Crippen LogP contribution in [0.15, 0.2) is 18.3 Å². The number of benzene rings is 1. The second-order valence-electron chi connectivity index (χ2n) is 5.62. The maximum atomic E-state index is 14.3. The van der Waals surface area contributed by atoms with E-state index in [-0.39, 0.29) is 29.4 Å². The average Bonchev–Trinajstić information content (AvgIpc) is 2.62. The summed E-state index contributed by atoms with van der Waals surface area (Å²) in [6.45, 7) is 0. The molecule has 1 aromatic heterocycles. The van der Waals surface area contributed by atoms with Gasteiger partial charge in [-0.1, -0.05) is 0 Å². The number of hydrogen-bond donors (Lipinski definition) is 4. The Hall–Kier alpha value is -3.15. The number of aromatic nitrogens is 2. The second-order valence-corrected chi connectivity index (χ2v) is 5.62. The molecule has 0 radical (unpaired) electrons. The van der Waals surface area contributed by atoms with Crippen molar-refractivity contribution in [2.75, 3.05) is 24.8 Å². The van der Waals surface area contributed by atoms with Crippen LogP contribution < -0.4 is 21.1 Å². The van der Waals surface area contributed by atoms with Gasteiger partial charge in [0, 0.05) is 25.7 Å². The molecule has 0 amide bonds. The van der Waals surface area contributed by atoms with Crippen LogP contribution in [-0.4, -0.2) is 41.2 Å². The minimum Gasteiger partial charge on any atom is -0.495 e. The van der Waals surface area contributed by atoms with Crippen molar-refractivity contribution in [1.82, 2.24) is 9.97 Å². The number of rotatable bonds is 7. The van der Waals surface area contributed by atoms with Crippen LogP contribution in [0.4, 0.5) is 35.0 Å². The summed E-state index contributed by atoms with van der Waals surface area (Å²) in [5.41, 5.74) is 4.39. The van der Waals surface area contributed by atoms with E-state index in [1.165, 1.54) is 20.2 Å². The number of methoxy groups -OCH3 is 1. The Morgan fingerprint density at radius 1 is 1.39 bits per heavy atom. The highest BCUT2D eigenvalue weighted by molar-refractivity contribution is 5.74. The van der Waals surface area contributed by atoms with Gasteiger partial charge in [0.25, 0.3) is 0 Å². The third-order valence-electron chi connectivity index (χ3n) is 3.70. The average molecular weight is 403 g/mol. The highest BCUT2D eigenvalue weighted by atomic mass is 19.4. The van der Waals surface area contributed by atoms with Crippen LogP contribution in [0.3, 0.4) is 0 Å². The number of halogens is 4. The van der Waals surface area contributed by atoms with Crippen LogP contribution >= 0.6 is 0 Å². The molecule has 152 valence electrons. The lowest BCUT2D eigenvalue weighted by atomic mass is 10.0. The third-order valence-corrected chi connectivity index (χ3v) is 3.70. The van der Waals surface area contributed by atoms with Crippen molar-refractivity contribution >= 4 is 23.4 Å². The first-order valence-electron chi connectivity index (χ1n) is 7.80. The van der Waals surface area contributed by atoms with Crippen molar-refractivity contribution in [3.8, 4) is 5.75 Å². The number of aliphatic carboxylic acids is 1. The molecule has 28 heavy (non-hydrogen) atoms. The van der Waals surface area contributed by atoms with Crippen LogP contribution in [0.5, 0.6) is 5.75 Å². The molecule has 2 aromatic rings. The molecule has 2 rings (SSSR count). The molecule has 0 aliphatic heterocycles. The molecule has 1 atom stereocenters. The monoisotopic (exact) mass is 403 g/mol. The summed E-state index contributed by atoms with van der Waals surface area (Å²) in [6, 6.07) is 0.918. The standard InChI is InChI=1S/C16H17F4N5O3/c1-22-13-8(16(18,19)20)6-23-15(25-13)24-11-5-9(17)7(4-12(11)28-2)3-10(21)14(26)27/h4-6,10H,3,21H2,1-2H3,(H,26,27)(H2,22,23,24,25). The normalized spacial score (nSPS) is 12.4. The second kappa shape index (κ2) is 8.25. The van der Waals surface area contributed by atoms with E-state index >= 15 is 0 Å². The largest absolute Gasteiger partial charge is 0.495 e. The Labute approximate surface area is 156 Å². The van der Waals surface area contributed by atoms with E-state index < -0.39 is 35.4 Å². The lowest BCUT2D eigenvalue weighted by Crippen LogP contribution is -2.32. The van der Waals surface area contributed by atoms with Crippen molar-refractivity contribution in [2.45, 2.75) is 18.6 Å². The van der Waals surface area contributed by atoms with Crippen LogP contribution in [0.2, 0.25) is 0 Å². The molecule has 8 nitrogen and oxygen atoms in total. The molecule has 0 bridgehead atoms. The topological polar surface area (TPSA) is 122 Å². The van der Waals surface area contributed by atoms with Crippen molar-refractivity contribution < 1.29 is 32.2 Å². The molecule has 0 spiro atoms. The SMILES string of the molecule is CNc1nc(Nc2cc(F)c(CC(N)C(=O)O)cc2OC)ncc1C(F)(F)F. The molecule has 0 aliphatic carbocycles. The Bertz CT molecular complexity index is 876. The molecule has 0 saturated heterocycles. The Morgan fingerprint density at radius 2 is 2.07 bits per heavy atom. The third kappa shape index (κ3) is 4.76. The van der Waals surface area contributed by atoms with E-state index in [1.54, 1.807) is 0 Å². The number of anilines is 3. The van der Waals surface area contributed by atoms with E-state index in [0.29, 0.717) is 6.20 Å². The Kier molecular flexibility index (Phi) is 6.23. The predicted octanol–water partition coefficient (Wildman–Crippen LogP) is 2.38. The summed E-state index contributed by atoms with van der Waals surface area (Å²) in [7, 11) is 2.55. The van der Waals surface area contributed by atoms with E-state index in [1.807, 2.05) is 0 Å². The number of hydrogen-bond acceptors (Lipinski definition) is 7. The van der Waals surface area contributed by atoms with Gasteiger partial charge in [0.05, 0.1) is 12.8 Å². The molecule has 0 fully saturated rings. The molecular weight excluding hydrogens is 386 g/mol. The zero-order chi connectivity index (χ0) is 21.1. The fourth-order valence-corrected chi connectivity index (χ4v) is 2.30. The maximum absolute atomic E-state index is 14.3. The van der Waals surface area contributed by atoms with Crippen molar-refractivity contribution in [2.24, 2.45) is 5.73 Å². The molecule has 0 saturated carbocycles. The quantitative estimate of drug-likeness (QED) is 0.520. The summed E-state index contributed by atoms with van der Waals surface area (Å²) < 4.78 is 58.2. The summed E-state index contributed by atoms with van der Waals surface area (Å²) in [6.07, 6.45) is -4.34. The van der Waals surface area contributed by atoms with Gasteiger partial charge in [0.15, 0.2) is 0 Å². The summed E-state index contributed by atoms with van der Waals surface area (Å²) in [5, 5.41) is 13.7. The van der Waals surface area contributed by atoms with Gasteiger partial charge in [-0.2, -0.15) is 18.2 Å². The molecular formula is C16H17F4N5O3. The number of ether oxygens (including phenoxy) is 1. The van der Waals surface area contributed by atoms with E-state index in [2.05, 4.69) is 20.6 Å². The number of carboxylic acids is 1. The van der Waals surface area contributed by atoms with Gasteiger partial charge in [-0.3, -0.25) is 4.79 Å². The first kappa shape index (κ1) is 21.2. The highest BCUT2D eigenvalue weighted by Gasteiger charge is 2.35. The fourth-order valence-electron chi connectivity index (χ4n) is 2.30. The molecule has 12 heteroatoms. The Balaban J connectivity index is 2.36. The van der Waals surface area contributed by atoms with Crippen molar-refractivity contribution in [3.63, 3.8) is 0 Å². The zero-order valence-corrected chi connectivity index (χ0v) is 14.8. The number of nitrogens with zero attached hydrogens (tertiary/aromatic N) is 2. The molecule has 1 aromatic carbocycles. The smallest absolute Gasteiger partial charge is 0.421 e. The maximum Gasteiger partial charge on any atom is 0.421 e. The van der Waals surface area contributed by atoms with Crippen LogP contribution in [0.1, 0.15) is 11.1 Å². The highest BCUT2D eigenvalue weighted by Crippen LogP contribution is 2.35. The van der Waals surface area contributed by atoms with Crippen molar-refractivity contribution in [1.29, 1.82) is 0 Å². The molecule has 1 heterocycles. The molecule has 5 N–H and O–H groups in total. The van der Waals surface area contributed by atoms with E-state index in [4.69, 9.17) is 15.6 Å².